The number of aliphatic carboxylic acids is 1. The summed E-state index contributed by atoms with van der Waals surface area (Å²) in [4.78, 5) is 23.3. The molecule has 0 saturated carbocycles. The molecule has 10 heteroatoms. The Morgan fingerprint density at radius 1 is 1.06 bits per heavy atom. The first-order valence-corrected chi connectivity index (χ1v) is 11.3. The lowest BCUT2D eigenvalue weighted by Gasteiger charge is -2.15. The average molecular weight is 450 g/mol. The molecule has 0 heterocycles. The highest BCUT2D eigenvalue weighted by Gasteiger charge is 2.25. The molecule has 2 aromatic rings. The Balaban J connectivity index is 1.74. The quantitative estimate of drug-likeness (QED) is 0.343. The lowest BCUT2D eigenvalue weighted by Crippen LogP contribution is -2.48. The summed E-state index contributed by atoms with van der Waals surface area (Å²) in [6.07, 6.45) is 0.543. The Bertz CT molecular complexity index is 949. The predicted molar refractivity (Wildman–Crippen MR) is 117 cm³/mol. The van der Waals surface area contributed by atoms with E-state index in [0.717, 1.165) is 12.2 Å². The Morgan fingerprint density at radius 2 is 1.74 bits per heavy atom. The second kappa shape index (κ2) is 11.9. The first kappa shape index (κ1) is 24.2. The van der Waals surface area contributed by atoms with Crippen molar-refractivity contribution in [3.63, 3.8) is 0 Å². The molecule has 168 valence electrons. The van der Waals surface area contributed by atoms with Crippen molar-refractivity contribution in [2.75, 3.05) is 25.0 Å². The molecule has 0 saturated heterocycles. The van der Waals surface area contributed by atoms with Crippen molar-refractivity contribution in [2.45, 2.75) is 30.7 Å². The number of carboxylic acids is 1. The van der Waals surface area contributed by atoms with Crippen LogP contribution in [0.1, 0.15) is 19.8 Å². The molecule has 0 radical (unpaired) electrons. The molecule has 1 atom stereocenters. The van der Waals surface area contributed by atoms with Crippen molar-refractivity contribution < 1.29 is 27.9 Å². The largest absolute Gasteiger partial charge is 0.494 e. The van der Waals surface area contributed by atoms with Crippen LogP contribution in [0.5, 0.6) is 5.75 Å². The highest BCUT2D eigenvalue weighted by atomic mass is 32.2. The molecule has 2 rings (SSSR count). The fourth-order valence-corrected chi connectivity index (χ4v) is 3.84. The van der Waals surface area contributed by atoms with E-state index in [1.54, 1.807) is 6.07 Å². The number of benzene rings is 2. The van der Waals surface area contributed by atoms with Crippen molar-refractivity contribution in [3.05, 3.63) is 54.6 Å². The topological polar surface area (TPSA) is 134 Å². The first-order chi connectivity index (χ1) is 14.8. The van der Waals surface area contributed by atoms with Crippen LogP contribution >= 0.6 is 0 Å². The number of anilines is 1. The molecule has 0 spiro atoms. The first-order valence-electron chi connectivity index (χ1n) is 9.85. The van der Waals surface area contributed by atoms with Crippen LogP contribution in [-0.4, -0.2) is 51.1 Å². The molecule has 2 aromatic carbocycles. The van der Waals surface area contributed by atoms with Crippen LogP contribution in [0.2, 0.25) is 0 Å². The summed E-state index contributed by atoms with van der Waals surface area (Å²) in [7, 11) is -4.02. The van der Waals surface area contributed by atoms with E-state index >= 15 is 0 Å². The van der Waals surface area contributed by atoms with Crippen LogP contribution in [0.4, 0.5) is 5.69 Å². The zero-order valence-electron chi connectivity index (χ0n) is 17.2. The highest BCUT2D eigenvalue weighted by Crippen LogP contribution is 2.15. The SMILES string of the molecule is CCNc1ccc(OCCCC(=O)NC[C@H](NS(=O)(=O)c2ccccc2)C(=O)O)cc1. The van der Waals surface area contributed by atoms with Gasteiger partial charge in [-0.1, -0.05) is 18.2 Å². The van der Waals surface area contributed by atoms with Gasteiger partial charge in [-0.25, -0.2) is 8.42 Å². The zero-order valence-corrected chi connectivity index (χ0v) is 18.0. The number of nitrogens with one attached hydrogen (secondary N) is 3. The van der Waals surface area contributed by atoms with Gasteiger partial charge in [-0.05, 0) is 49.7 Å². The minimum absolute atomic E-state index is 0.0526. The fraction of sp³-hybridized carbons (Fsp3) is 0.333. The maximum absolute atomic E-state index is 12.3. The Morgan fingerprint density at radius 3 is 2.35 bits per heavy atom. The number of hydrogen-bond acceptors (Lipinski definition) is 6. The van der Waals surface area contributed by atoms with Crippen molar-refractivity contribution in [3.8, 4) is 5.75 Å². The molecule has 31 heavy (non-hydrogen) atoms. The van der Waals surface area contributed by atoms with Gasteiger partial charge in [0.1, 0.15) is 11.8 Å². The average Bonchev–Trinajstić information content (AvgIpc) is 2.76. The smallest absolute Gasteiger partial charge is 0.323 e. The van der Waals surface area contributed by atoms with Gasteiger partial charge in [0, 0.05) is 25.2 Å². The molecule has 0 fully saturated rings. The van der Waals surface area contributed by atoms with Crippen LogP contribution in [-0.2, 0) is 19.6 Å². The van der Waals surface area contributed by atoms with Crippen LogP contribution in [0.25, 0.3) is 0 Å². The van der Waals surface area contributed by atoms with E-state index in [-0.39, 0.29) is 17.9 Å². The second-order valence-corrected chi connectivity index (χ2v) is 8.35. The van der Waals surface area contributed by atoms with E-state index in [4.69, 9.17) is 4.74 Å². The van der Waals surface area contributed by atoms with E-state index in [0.29, 0.717) is 18.8 Å². The number of hydrogen-bond donors (Lipinski definition) is 4. The summed E-state index contributed by atoms with van der Waals surface area (Å²) in [5.74, 6) is -1.09. The van der Waals surface area contributed by atoms with Crippen molar-refractivity contribution in [2.24, 2.45) is 0 Å². The standard InChI is InChI=1S/C21H27N3O6S/c1-2-22-16-10-12-17(13-11-16)30-14-6-9-20(25)23-15-19(21(26)27)24-31(28,29)18-7-4-3-5-8-18/h3-5,7-8,10-13,19,22,24H,2,6,9,14-15H2,1H3,(H,23,25)(H,26,27)/t19-/m0/s1. The molecular formula is C21H27N3O6S. The number of ether oxygens (including phenoxy) is 1. The molecule has 0 aliphatic rings. The molecular weight excluding hydrogens is 422 g/mol. The van der Waals surface area contributed by atoms with E-state index in [2.05, 4.69) is 15.4 Å². The van der Waals surface area contributed by atoms with E-state index in [1.807, 2.05) is 31.2 Å². The minimum Gasteiger partial charge on any atom is -0.494 e. The summed E-state index contributed by atoms with van der Waals surface area (Å²) in [5, 5.41) is 14.9. The van der Waals surface area contributed by atoms with Gasteiger partial charge in [0.2, 0.25) is 15.9 Å². The van der Waals surface area contributed by atoms with Gasteiger partial charge in [0.05, 0.1) is 11.5 Å². The van der Waals surface area contributed by atoms with Gasteiger partial charge in [0.15, 0.2) is 0 Å². The maximum atomic E-state index is 12.3. The molecule has 0 aromatic heterocycles. The van der Waals surface area contributed by atoms with Crippen LogP contribution in [0, 0.1) is 0 Å². The Labute approximate surface area is 181 Å². The van der Waals surface area contributed by atoms with Gasteiger partial charge in [-0.15, -0.1) is 0 Å². The second-order valence-electron chi connectivity index (χ2n) is 6.64. The number of sulfonamides is 1. The molecule has 0 aliphatic carbocycles. The molecule has 9 nitrogen and oxygen atoms in total. The van der Waals surface area contributed by atoms with Crippen molar-refractivity contribution in [1.82, 2.24) is 10.0 Å². The van der Waals surface area contributed by atoms with Gasteiger partial charge in [0.25, 0.3) is 0 Å². The van der Waals surface area contributed by atoms with Gasteiger partial charge in [-0.3, -0.25) is 9.59 Å². The summed E-state index contributed by atoms with van der Waals surface area (Å²) >= 11 is 0. The van der Waals surface area contributed by atoms with Crippen molar-refractivity contribution >= 4 is 27.6 Å². The zero-order chi connectivity index (χ0) is 22.7. The summed E-state index contributed by atoms with van der Waals surface area (Å²) in [6.45, 7) is 2.78. The minimum atomic E-state index is -4.02. The summed E-state index contributed by atoms with van der Waals surface area (Å²) in [5.41, 5.74) is 0.991. The Kier molecular flexibility index (Phi) is 9.29. The van der Waals surface area contributed by atoms with Crippen LogP contribution < -0.4 is 20.1 Å². The van der Waals surface area contributed by atoms with E-state index < -0.39 is 27.9 Å². The molecule has 0 unspecified atom stereocenters. The third-order valence-electron chi connectivity index (χ3n) is 4.20. The number of amides is 1. The lowest BCUT2D eigenvalue weighted by molar-refractivity contribution is -0.138. The van der Waals surface area contributed by atoms with Gasteiger partial charge >= 0.3 is 5.97 Å². The number of carbonyl (C=O) groups is 2. The fourth-order valence-electron chi connectivity index (χ4n) is 2.63. The maximum Gasteiger partial charge on any atom is 0.323 e. The molecule has 0 bridgehead atoms. The van der Waals surface area contributed by atoms with E-state index in [9.17, 15) is 23.1 Å². The molecule has 1 amide bonds. The highest BCUT2D eigenvalue weighted by molar-refractivity contribution is 7.89. The summed E-state index contributed by atoms with van der Waals surface area (Å²) < 4.78 is 32.2. The van der Waals surface area contributed by atoms with Crippen molar-refractivity contribution in [1.29, 1.82) is 0 Å². The third-order valence-corrected chi connectivity index (χ3v) is 5.69. The Hall–Kier alpha value is -3.11. The molecule has 4 N–H and O–H groups in total. The predicted octanol–water partition coefficient (Wildman–Crippen LogP) is 1.83. The van der Waals surface area contributed by atoms with Crippen LogP contribution in [0.3, 0.4) is 0 Å². The third kappa shape index (κ3) is 8.27. The number of carbonyl (C=O) groups excluding carboxylic acids is 1. The number of carboxylic acid groups (broad SMARTS) is 1. The normalized spacial score (nSPS) is 12.0. The van der Waals surface area contributed by atoms with E-state index in [1.165, 1.54) is 24.3 Å². The molecule has 0 aliphatic heterocycles. The summed E-state index contributed by atoms with van der Waals surface area (Å²) in [6, 6.07) is 13.4. The monoisotopic (exact) mass is 449 g/mol. The van der Waals surface area contributed by atoms with Gasteiger partial charge in [-0.2, -0.15) is 4.72 Å². The number of rotatable bonds is 13. The van der Waals surface area contributed by atoms with Crippen LogP contribution in [0.15, 0.2) is 59.5 Å². The van der Waals surface area contributed by atoms with Gasteiger partial charge < -0.3 is 20.5 Å². The lowest BCUT2D eigenvalue weighted by atomic mass is 10.2.